The van der Waals surface area contributed by atoms with Gasteiger partial charge in [-0.1, -0.05) is 0 Å². The Morgan fingerprint density at radius 3 is 2.52 bits per heavy atom. The molecule has 10 heteroatoms. The van der Waals surface area contributed by atoms with Crippen molar-refractivity contribution in [2.75, 3.05) is 12.0 Å². The second-order valence-corrected chi connectivity index (χ2v) is 7.86. The zero-order valence-electron chi connectivity index (χ0n) is 16.9. The fraction of sp³-hybridized carbons (Fsp3) is 0.190. The molecule has 0 aliphatic rings. The van der Waals surface area contributed by atoms with Crippen LogP contribution in [0.4, 0.5) is 18.9 Å². The molecular formula is C21H19F3N4O2S. The van der Waals surface area contributed by atoms with Crippen LogP contribution in [0.1, 0.15) is 16.1 Å². The maximum Gasteiger partial charge on any atom is 0.314 e. The van der Waals surface area contributed by atoms with Crippen LogP contribution in [-0.4, -0.2) is 24.3 Å². The molecule has 0 aliphatic heterocycles. The number of benzene rings is 2. The van der Waals surface area contributed by atoms with E-state index in [-0.39, 0.29) is 17.9 Å². The Kier molecular flexibility index (Phi) is 6.59. The summed E-state index contributed by atoms with van der Waals surface area (Å²) >= 11 is 1.48. The minimum Gasteiger partial charge on any atom is -0.490 e. The van der Waals surface area contributed by atoms with Crippen LogP contribution in [0.2, 0.25) is 0 Å². The highest BCUT2D eigenvalue weighted by Crippen LogP contribution is 2.32. The lowest BCUT2D eigenvalue weighted by atomic mass is 10.1. The lowest BCUT2D eigenvalue weighted by molar-refractivity contribution is -0.117. The van der Waals surface area contributed by atoms with Crippen LogP contribution < -0.4 is 10.6 Å². The molecule has 0 unspecified atom stereocenters. The molecule has 6 nitrogen and oxygen atoms in total. The van der Waals surface area contributed by atoms with Crippen LogP contribution in [0.3, 0.4) is 0 Å². The second kappa shape index (κ2) is 9.17. The summed E-state index contributed by atoms with van der Waals surface area (Å²) in [5, 5.41) is 0.876. The number of aromatic nitrogens is 1. The van der Waals surface area contributed by atoms with E-state index < -0.39 is 23.4 Å². The summed E-state index contributed by atoms with van der Waals surface area (Å²) in [7, 11) is 1.29. The molecule has 0 saturated heterocycles. The van der Waals surface area contributed by atoms with Gasteiger partial charge in [0.15, 0.2) is 17.5 Å². The van der Waals surface area contributed by atoms with Gasteiger partial charge in [0, 0.05) is 12.2 Å². The normalized spacial score (nSPS) is 12.0. The summed E-state index contributed by atoms with van der Waals surface area (Å²) < 4.78 is 47.0. The zero-order valence-corrected chi connectivity index (χ0v) is 17.8. The van der Waals surface area contributed by atoms with Crippen molar-refractivity contribution in [3.8, 4) is 0 Å². The van der Waals surface area contributed by atoms with E-state index in [0.717, 1.165) is 39.3 Å². The number of rotatable bonds is 6. The highest BCUT2D eigenvalue weighted by Gasteiger charge is 2.18. The average molecular weight is 448 g/mol. The number of halogens is 3. The fourth-order valence-electron chi connectivity index (χ4n) is 3.06. The number of amides is 1. The highest BCUT2D eigenvalue weighted by molar-refractivity contribution is 7.18. The minimum absolute atomic E-state index is 0.0786. The van der Waals surface area contributed by atoms with E-state index in [1.54, 1.807) is 4.90 Å². The van der Waals surface area contributed by atoms with Crippen molar-refractivity contribution in [3.63, 3.8) is 0 Å². The summed E-state index contributed by atoms with van der Waals surface area (Å²) in [6.07, 6.45) is 2.19. The maximum atomic E-state index is 13.8. The van der Waals surface area contributed by atoms with Crippen LogP contribution in [-0.2, 0) is 16.1 Å². The largest absolute Gasteiger partial charge is 0.490 e. The molecule has 3 aromatic rings. The third-order valence-corrected chi connectivity index (χ3v) is 5.35. The first-order valence-corrected chi connectivity index (χ1v) is 9.87. The van der Waals surface area contributed by atoms with Gasteiger partial charge in [0.05, 0.1) is 34.9 Å². The Morgan fingerprint density at radius 2 is 1.90 bits per heavy atom. The van der Waals surface area contributed by atoms with Crippen LogP contribution >= 0.6 is 11.3 Å². The van der Waals surface area contributed by atoms with Crippen molar-refractivity contribution < 1.29 is 22.7 Å². The number of aliphatic imine (C=N–C) groups is 1. The number of thiazole rings is 1. The molecular weight excluding hydrogens is 429 g/mol. The molecule has 0 saturated carbocycles. The van der Waals surface area contributed by atoms with Gasteiger partial charge in [-0.05, 0) is 49.2 Å². The van der Waals surface area contributed by atoms with Crippen molar-refractivity contribution >= 4 is 39.5 Å². The van der Waals surface area contributed by atoms with E-state index in [9.17, 15) is 18.0 Å². The Hall–Kier alpha value is -3.40. The molecule has 0 spiro atoms. The predicted molar refractivity (Wildman–Crippen MR) is 114 cm³/mol. The first-order chi connectivity index (χ1) is 14.7. The molecule has 0 bridgehead atoms. The van der Waals surface area contributed by atoms with E-state index in [1.165, 1.54) is 24.6 Å². The maximum absolute atomic E-state index is 13.8. The molecule has 0 radical (unpaired) electrons. The summed E-state index contributed by atoms with van der Waals surface area (Å²) in [5.41, 5.74) is 7.58. The molecule has 0 aliphatic carbocycles. The standard InChI is InChI=1S/C21H19F3N4O2S/c1-11-4-16-19(31-12(2)27-16)7-17(11)28(9-18(30-3)21(29)26-10-25)8-13-5-14(22)20(24)15(23)6-13/h4-7,9-10H,8H2,1-3H3,(H2,25,26,29)/b18-9+. The number of carbonyl (C=O) groups is 1. The zero-order chi connectivity index (χ0) is 22.7. The van der Waals surface area contributed by atoms with Crippen LogP contribution in [0.5, 0.6) is 0 Å². The molecule has 2 aromatic carbocycles. The third-order valence-electron chi connectivity index (χ3n) is 4.41. The number of anilines is 1. The molecule has 31 heavy (non-hydrogen) atoms. The summed E-state index contributed by atoms with van der Waals surface area (Å²) in [4.78, 5) is 21.7. The van der Waals surface area contributed by atoms with E-state index in [2.05, 4.69) is 9.98 Å². The topological polar surface area (TPSA) is 80.8 Å². The Labute approximate surface area is 180 Å². The van der Waals surface area contributed by atoms with Crippen molar-refractivity contribution in [3.05, 3.63) is 69.8 Å². The third kappa shape index (κ3) is 4.85. The monoisotopic (exact) mass is 448 g/mol. The SMILES string of the molecule is CO/C(=C/N(Cc1cc(F)c(F)c(F)c1)c1cc2sc(C)nc2cc1C)C(=O)N=CN. The number of fused-ring (bicyclic) bond motifs is 1. The van der Waals surface area contributed by atoms with Crippen molar-refractivity contribution in [2.24, 2.45) is 10.7 Å². The molecule has 162 valence electrons. The molecule has 1 amide bonds. The quantitative estimate of drug-likeness (QED) is 0.200. The van der Waals surface area contributed by atoms with Gasteiger partial charge in [0.2, 0.25) is 5.76 Å². The highest BCUT2D eigenvalue weighted by atomic mass is 32.1. The summed E-state index contributed by atoms with van der Waals surface area (Å²) in [5.74, 6) is -5.04. The summed E-state index contributed by atoms with van der Waals surface area (Å²) in [6, 6.07) is 5.52. The molecule has 1 heterocycles. The molecule has 3 rings (SSSR count). The number of aryl methyl sites for hydroxylation is 2. The van der Waals surface area contributed by atoms with Crippen molar-refractivity contribution in [2.45, 2.75) is 20.4 Å². The van der Waals surface area contributed by atoms with E-state index >= 15 is 0 Å². The summed E-state index contributed by atoms with van der Waals surface area (Å²) in [6.45, 7) is 3.64. The molecule has 0 fully saturated rings. The second-order valence-electron chi connectivity index (χ2n) is 6.62. The van der Waals surface area contributed by atoms with Crippen molar-refractivity contribution in [1.82, 2.24) is 4.98 Å². The average Bonchev–Trinajstić information content (AvgIpc) is 3.07. The number of carbonyl (C=O) groups excluding carboxylic acids is 1. The van der Waals surface area contributed by atoms with Crippen LogP contribution in [0, 0.1) is 31.3 Å². The minimum atomic E-state index is -1.55. The Balaban J connectivity index is 2.14. The van der Waals surface area contributed by atoms with Gasteiger partial charge >= 0.3 is 5.91 Å². The first-order valence-electron chi connectivity index (χ1n) is 9.05. The van der Waals surface area contributed by atoms with Crippen LogP contribution in [0.15, 0.2) is 41.2 Å². The number of nitrogens with zero attached hydrogens (tertiary/aromatic N) is 3. The fourth-order valence-corrected chi connectivity index (χ4v) is 3.90. The Morgan fingerprint density at radius 1 is 1.23 bits per heavy atom. The molecule has 0 atom stereocenters. The van der Waals surface area contributed by atoms with Gasteiger partial charge in [-0.15, -0.1) is 11.3 Å². The first kappa shape index (κ1) is 22.3. The number of hydrogen-bond acceptors (Lipinski definition) is 5. The lowest BCUT2D eigenvalue weighted by Crippen LogP contribution is -2.20. The number of hydrogen-bond donors (Lipinski definition) is 1. The van der Waals surface area contributed by atoms with Gasteiger partial charge < -0.3 is 15.4 Å². The van der Waals surface area contributed by atoms with Gasteiger partial charge in [-0.3, -0.25) is 4.79 Å². The molecule has 1 aromatic heterocycles. The van der Waals surface area contributed by atoms with Gasteiger partial charge in [-0.2, -0.15) is 4.99 Å². The molecule has 2 N–H and O–H groups in total. The smallest absolute Gasteiger partial charge is 0.314 e. The predicted octanol–water partition coefficient (Wildman–Crippen LogP) is 4.34. The van der Waals surface area contributed by atoms with E-state index in [0.29, 0.717) is 5.69 Å². The van der Waals surface area contributed by atoms with Gasteiger partial charge in [0.1, 0.15) is 0 Å². The van der Waals surface area contributed by atoms with Crippen molar-refractivity contribution in [1.29, 1.82) is 0 Å². The van der Waals surface area contributed by atoms with Gasteiger partial charge in [0.25, 0.3) is 0 Å². The van der Waals surface area contributed by atoms with Gasteiger partial charge in [-0.25, -0.2) is 18.2 Å². The number of methoxy groups -OCH3 is 1. The lowest BCUT2D eigenvalue weighted by Gasteiger charge is -2.24. The van der Waals surface area contributed by atoms with Crippen LogP contribution in [0.25, 0.3) is 10.2 Å². The Bertz CT molecular complexity index is 1180. The van der Waals surface area contributed by atoms with E-state index in [1.807, 2.05) is 26.0 Å². The number of ether oxygens (including phenoxy) is 1. The van der Waals surface area contributed by atoms with E-state index in [4.69, 9.17) is 10.5 Å². The number of nitrogens with two attached hydrogens (primary N) is 1.